The second-order valence-corrected chi connectivity index (χ2v) is 7.27. The zero-order valence-electron chi connectivity index (χ0n) is 13.3. The zero-order chi connectivity index (χ0) is 16.6. The molecule has 24 heavy (non-hydrogen) atoms. The van der Waals surface area contributed by atoms with Crippen LogP contribution in [0.2, 0.25) is 0 Å². The van der Waals surface area contributed by atoms with Crippen LogP contribution in [0.5, 0.6) is 0 Å². The molecule has 3 aromatic rings. The number of rotatable bonds is 5. The van der Waals surface area contributed by atoms with Crippen LogP contribution < -0.4 is 5.32 Å². The van der Waals surface area contributed by atoms with Gasteiger partial charge in [0.2, 0.25) is 5.89 Å². The number of hydrogen-bond acceptors (Lipinski definition) is 6. The third-order valence-electron chi connectivity index (χ3n) is 4.39. The highest BCUT2D eigenvalue weighted by atomic mass is 32.1. The summed E-state index contributed by atoms with van der Waals surface area (Å²) in [7, 11) is 0. The summed E-state index contributed by atoms with van der Waals surface area (Å²) in [4.78, 5) is 8.93. The third kappa shape index (κ3) is 2.97. The standard InChI is InChI=1S/C17H17FN4OS/c1-11-20-14(8-24-11)6-15-21-16(23-22-15)7-17(9-19-10-17)12-2-4-13(18)5-3-12/h2-5,8,19H,6-7,9-10H2,1H3. The number of aromatic nitrogens is 3. The van der Waals surface area contributed by atoms with E-state index in [2.05, 4.69) is 20.4 Å². The fourth-order valence-corrected chi connectivity index (χ4v) is 3.65. The molecule has 5 nitrogen and oxygen atoms in total. The Hall–Kier alpha value is -2.12. The molecule has 0 bridgehead atoms. The molecular weight excluding hydrogens is 327 g/mol. The van der Waals surface area contributed by atoms with Crippen molar-refractivity contribution in [1.82, 2.24) is 20.4 Å². The lowest BCUT2D eigenvalue weighted by Gasteiger charge is -2.42. The number of hydrogen-bond donors (Lipinski definition) is 1. The van der Waals surface area contributed by atoms with E-state index in [4.69, 9.17) is 4.52 Å². The fraction of sp³-hybridized carbons (Fsp3) is 0.353. The first kappa shape index (κ1) is 15.4. The summed E-state index contributed by atoms with van der Waals surface area (Å²) in [6.45, 7) is 3.62. The molecule has 3 heterocycles. The van der Waals surface area contributed by atoms with Gasteiger partial charge in [-0.3, -0.25) is 0 Å². The molecule has 1 saturated heterocycles. The highest BCUT2D eigenvalue weighted by Crippen LogP contribution is 2.32. The quantitative estimate of drug-likeness (QED) is 0.771. The van der Waals surface area contributed by atoms with Crippen molar-refractivity contribution in [2.45, 2.75) is 25.2 Å². The normalized spacial score (nSPS) is 16.1. The van der Waals surface area contributed by atoms with Crippen LogP contribution in [0.4, 0.5) is 4.39 Å². The number of thiazole rings is 1. The Kier molecular flexibility index (Phi) is 3.90. The minimum atomic E-state index is -0.222. The number of nitrogens with one attached hydrogen (secondary N) is 1. The number of nitrogens with zero attached hydrogens (tertiary/aromatic N) is 3. The van der Waals surface area contributed by atoms with E-state index < -0.39 is 0 Å². The van der Waals surface area contributed by atoms with Crippen LogP contribution >= 0.6 is 11.3 Å². The first-order valence-electron chi connectivity index (χ1n) is 7.82. The highest BCUT2D eigenvalue weighted by molar-refractivity contribution is 7.09. The molecule has 124 valence electrons. The van der Waals surface area contributed by atoms with Gasteiger partial charge in [0, 0.05) is 30.3 Å². The summed E-state index contributed by atoms with van der Waals surface area (Å²) in [6, 6.07) is 6.68. The molecule has 0 unspecified atom stereocenters. The maximum atomic E-state index is 13.2. The van der Waals surface area contributed by atoms with Crippen molar-refractivity contribution in [3.05, 3.63) is 63.4 Å². The molecular formula is C17H17FN4OS. The van der Waals surface area contributed by atoms with Gasteiger partial charge in [-0.15, -0.1) is 11.3 Å². The van der Waals surface area contributed by atoms with Crippen molar-refractivity contribution in [3.63, 3.8) is 0 Å². The van der Waals surface area contributed by atoms with E-state index in [1.54, 1.807) is 11.3 Å². The Morgan fingerprint density at radius 1 is 1.25 bits per heavy atom. The van der Waals surface area contributed by atoms with Crippen LogP contribution in [0.15, 0.2) is 34.2 Å². The Bertz CT molecular complexity index is 838. The van der Waals surface area contributed by atoms with E-state index in [9.17, 15) is 4.39 Å². The topological polar surface area (TPSA) is 63.8 Å². The molecule has 0 spiro atoms. The lowest BCUT2D eigenvalue weighted by atomic mass is 9.72. The lowest BCUT2D eigenvalue weighted by molar-refractivity contribution is 0.243. The van der Waals surface area contributed by atoms with E-state index in [1.807, 2.05) is 24.4 Å². The first-order valence-corrected chi connectivity index (χ1v) is 8.70. The van der Waals surface area contributed by atoms with E-state index in [-0.39, 0.29) is 11.2 Å². The van der Waals surface area contributed by atoms with Gasteiger partial charge >= 0.3 is 0 Å². The molecule has 1 aliphatic rings. The van der Waals surface area contributed by atoms with E-state index in [1.165, 1.54) is 12.1 Å². The first-order chi connectivity index (χ1) is 11.6. The summed E-state index contributed by atoms with van der Waals surface area (Å²) >= 11 is 1.62. The van der Waals surface area contributed by atoms with E-state index >= 15 is 0 Å². The van der Waals surface area contributed by atoms with Crippen molar-refractivity contribution in [1.29, 1.82) is 0 Å². The molecule has 0 amide bonds. The molecule has 0 radical (unpaired) electrons. The molecule has 0 aliphatic carbocycles. The number of benzene rings is 1. The van der Waals surface area contributed by atoms with Gasteiger partial charge in [0.15, 0.2) is 5.82 Å². The highest BCUT2D eigenvalue weighted by Gasteiger charge is 2.40. The van der Waals surface area contributed by atoms with Crippen molar-refractivity contribution in [2.75, 3.05) is 13.1 Å². The van der Waals surface area contributed by atoms with Crippen LogP contribution in [0.3, 0.4) is 0 Å². The van der Waals surface area contributed by atoms with Crippen molar-refractivity contribution < 1.29 is 8.91 Å². The van der Waals surface area contributed by atoms with Crippen LogP contribution in [0, 0.1) is 12.7 Å². The largest absolute Gasteiger partial charge is 0.339 e. The van der Waals surface area contributed by atoms with Crippen LogP contribution in [-0.4, -0.2) is 28.2 Å². The van der Waals surface area contributed by atoms with E-state index in [0.717, 1.165) is 29.4 Å². The minimum absolute atomic E-state index is 0.102. The second kappa shape index (κ2) is 6.07. The van der Waals surface area contributed by atoms with E-state index in [0.29, 0.717) is 24.6 Å². The molecule has 7 heteroatoms. The maximum absolute atomic E-state index is 13.2. The summed E-state index contributed by atoms with van der Waals surface area (Å²) < 4.78 is 18.6. The third-order valence-corrected chi connectivity index (χ3v) is 5.21. The van der Waals surface area contributed by atoms with Gasteiger partial charge in [0.05, 0.1) is 17.1 Å². The summed E-state index contributed by atoms with van der Waals surface area (Å²) in [5, 5.41) is 10.4. The maximum Gasteiger partial charge on any atom is 0.227 e. The molecule has 1 N–H and O–H groups in total. The molecule has 0 saturated carbocycles. The van der Waals surface area contributed by atoms with Gasteiger partial charge in [-0.25, -0.2) is 9.37 Å². The van der Waals surface area contributed by atoms with Gasteiger partial charge in [-0.1, -0.05) is 17.3 Å². The van der Waals surface area contributed by atoms with Gasteiger partial charge in [-0.2, -0.15) is 4.98 Å². The summed E-state index contributed by atoms with van der Waals surface area (Å²) in [5.41, 5.74) is 1.95. The molecule has 0 atom stereocenters. The minimum Gasteiger partial charge on any atom is -0.339 e. The fourth-order valence-electron chi connectivity index (χ4n) is 3.04. The second-order valence-electron chi connectivity index (χ2n) is 6.21. The van der Waals surface area contributed by atoms with Gasteiger partial charge < -0.3 is 9.84 Å². The van der Waals surface area contributed by atoms with Gasteiger partial charge in [0.1, 0.15) is 5.82 Å². The Labute approximate surface area is 142 Å². The molecule has 1 fully saturated rings. The van der Waals surface area contributed by atoms with Gasteiger partial charge in [-0.05, 0) is 24.6 Å². The van der Waals surface area contributed by atoms with Crippen LogP contribution in [-0.2, 0) is 18.3 Å². The average Bonchev–Trinajstić information content (AvgIpc) is 3.13. The molecule has 1 aromatic carbocycles. The Morgan fingerprint density at radius 2 is 2.04 bits per heavy atom. The number of halogens is 1. The van der Waals surface area contributed by atoms with Crippen molar-refractivity contribution in [3.8, 4) is 0 Å². The SMILES string of the molecule is Cc1nc(Cc2noc(CC3(c4ccc(F)cc4)CNC3)n2)cs1. The summed E-state index contributed by atoms with van der Waals surface area (Å²) in [5.74, 6) is 1.04. The summed E-state index contributed by atoms with van der Waals surface area (Å²) in [6.07, 6.45) is 1.23. The monoisotopic (exact) mass is 344 g/mol. The Morgan fingerprint density at radius 3 is 2.67 bits per heavy atom. The van der Waals surface area contributed by atoms with Crippen LogP contribution in [0.1, 0.15) is 28.0 Å². The van der Waals surface area contributed by atoms with Gasteiger partial charge in [0.25, 0.3) is 0 Å². The average molecular weight is 344 g/mol. The predicted octanol–water partition coefficient (Wildman–Crippen LogP) is 2.65. The lowest BCUT2D eigenvalue weighted by Crippen LogP contribution is -2.58. The Balaban J connectivity index is 1.51. The molecule has 2 aromatic heterocycles. The zero-order valence-corrected chi connectivity index (χ0v) is 14.1. The predicted molar refractivity (Wildman–Crippen MR) is 88.6 cm³/mol. The number of aryl methyl sites for hydroxylation is 1. The van der Waals surface area contributed by atoms with Crippen molar-refractivity contribution >= 4 is 11.3 Å². The molecule has 1 aliphatic heterocycles. The smallest absolute Gasteiger partial charge is 0.227 e. The van der Waals surface area contributed by atoms with Crippen LogP contribution in [0.25, 0.3) is 0 Å². The molecule has 4 rings (SSSR count). The van der Waals surface area contributed by atoms with Crippen molar-refractivity contribution in [2.24, 2.45) is 0 Å².